The summed E-state index contributed by atoms with van der Waals surface area (Å²) in [6, 6.07) is 0. The van der Waals surface area contributed by atoms with E-state index in [-0.39, 0.29) is 54.2 Å². The van der Waals surface area contributed by atoms with Gasteiger partial charge in [-0.15, -0.1) is 0 Å². The number of hydrogen-bond acceptors (Lipinski definition) is 6. The molecule has 0 aromatic rings. The molecule has 0 amide bonds. The molecule has 0 aromatic carbocycles. The minimum absolute atomic E-state index is 0. The van der Waals surface area contributed by atoms with Crippen LogP contribution >= 0.6 is 0 Å². The van der Waals surface area contributed by atoms with Crippen LogP contribution in [0.2, 0.25) is 0 Å². The molecule has 0 rings (SSSR count). The SMILES string of the molecule is CC(O)CC(C)O.CC(O)CC(C)O.CC(O)CC(C)O.[Ge]. The average molecular weight is 385 g/mol. The van der Waals surface area contributed by atoms with Crippen LogP contribution in [0.15, 0.2) is 0 Å². The predicted octanol–water partition coefficient (Wildman–Crippen LogP) is 0.0335. The van der Waals surface area contributed by atoms with Gasteiger partial charge in [0.25, 0.3) is 0 Å². The zero-order valence-electron chi connectivity index (χ0n) is 14.8. The fourth-order valence-corrected chi connectivity index (χ4v) is 1.48. The van der Waals surface area contributed by atoms with Crippen molar-refractivity contribution >= 4 is 17.6 Å². The molecule has 0 heterocycles. The third-order valence-electron chi connectivity index (χ3n) is 2.05. The first kappa shape index (κ1) is 30.2. The number of hydrogen-bond donors (Lipinski definition) is 6. The van der Waals surface area contributed by atoms with Gasteiger partial charge in [-0.1, -0.05) is 0 Å². The van der Waals surface area contributed by atoms with Gasteiger partial charge in [0.1, 0.15) is 0 Å². The number of aliphatic hydroxyl groups is 6. The smallest absolute Gasteiger partial charge is 0.0536 e. The van der Waals surface area contributed by atoms with E-state index in [4.69, 9.17) is 30.6 Å². The van der Waals surface area contributed by atoms with E-state index in [1.807, 2.05) is 0 Å². The Bertz CT molecular complexity index is 145. The Morgan fingerprint density at radius 1 is 0.409 bits per heavy atom. The standard InChI is InChI=1S/3C5H12O2.Ge/c3*1-4(6)3-5(2)7;/h3*4-7H,3H2,1-2H3;. The molecule has 136 valence electrons. The number of rotatable bonds is 6. The molecule has 22 heavy (non-hydrogen) atoms. The zero-order valence-corrected chi connectivity index (χ0v) is 16.9. The minimum atomic E-state index is -0.375. The van der Waals surface area contributed by atoms with Crippen LogP contribution in [0.5, 0.6) is 0 Å². The summed E-state index contributed by atoms with van der Waals surface area (Å²) in [5.74, 6) is 0. The van der Waals surface area contributed by atoms with Gasteiger partial charge < -0.3 is 30.6 Å². The molecule has 6 atom stereocenters. The van der Waals surface area contributed by atoms with E-state index in [1.165, 1.54) is 0 Å². The van der Waals surface area contributed by atoms with Gasteiger partial charge in [0.05, 0.1) is 36.6 Å². The fraction of sp³-hybridized carbons (Fsp3) is 1.00. The minimum Gasteiger partial charge on any atom is -0.393 e. The first-order valence-electron chi connectivity index (χ1n) is 7.46. The first-order valence-corrected chi connectivity index (χ1v) is 7.46. The molecule has 6 unspecified atom stereocenters. The summed E-state index contributed by atoms with van der Waals surface area (Å²) in [7, 11) is 0. The number of aliphatic hydroxyl groups excluding tert-OH is 6. The molecular formula is C15H36GeO6. The Hall–Kier alpha value is 0.303. The van der Waals surface area contributed by atoms with E-state index in [9.17, 15) is 0 Å². The van der Waals surface area contributed by atoms with Crippen molar-refractivity contribution in [2.24, 2.45) is 0 Å². The Kier molecular flexibility index (Phi) is 26.6. The van der Waals surface area contributed by atoms with Gasteiger partial charge >= 0.3 is 0 Å². The maximum Gasteiger partial charge on any atom is 0.0536 e. The average Bonchev–Trinajstić information content (AvgIpc) is 2.10. The van der Waals surface area contributed by atoms with Crippen LogP contribution in [0.25, 0.3) is 0 Å². The second-order valence-electron chi connectivity index (χ2n) is 5.80. The molecule has 6 nitrogen and oxygen atoms in total. The molecule has 0 saturated heterocycles. The quantitative estimate of drug-likeness (QED) is 0.359. The van der Waals surface area contributed by atoms with Crippen molar-refractivity contribution in [3.63, 3.8) is 0 Å². The molecule has 0 aliphatic carbocycles. The maximum absolute atomic E-state index is 8.56. The molecule has 0 bridgehead atoms. The summed E-state index contributed by atoms with van der Waals surface area (Å²) in [4.78, 5) is 0. The van der Waals surface area contributed by atoms with E-state index in [2.05, 4.69) is 0 Å². The van der Waals surface area contributed by atoms with Gasteiger partial charge in [0.15, 0.2) is 0 Å². The van der Waals surface area contributed by atoms with Gasteiger partial charge in [-0.05, 0) is 60.8 Å². The van der Waals surface area contributed by atoms with E-state index < -0.39 is 0 Å². The summed E-state index contributed by atoms with van der Waals surface area (Å²) in [6.07, 6.45) is -0.833. The van der Waals surface area contributed by atoms with Gasteiger partial charge in [-0.25, -0.2) is 0 Å². The maximum atomic E-state index is 8.56. The van der Waals surface area contributed by atoms with E-state index >= 15 is 0 Å². The van der Waals surface area contributed by atoms with Crippen molar-refractivity contribution in [1.29, 1.82) is 0 Å². The van der Waals surface area contributed by atoms with Crippen molar-refractivity contribution in [3.05, 3.63) is 0 Å². The van der Waals surface area contributed by atoms with Gasteiger partial charge in [-0.3, -0.25) is 0 Å². The fourth-order valence-electron chi connectivity index (χ4n) is 1.48. The summed E-state index contributed by atoms with van der Waals surface area (Å²) >= 11 is 0. The summed E-state index contributed by atoms with van der Waals surface area (Å²) < 4.78 is 0. The molecule has 4 radical (unpaired) electrons. The third-order valence-corrected chi connectivity index (χ3v) is 2.05. The van der Waals surface area contributed by atoms with Crippen LogP contribution in [0, 0.1) is 0 Å². The Labute approximate surface area is 146 Å². The summed E-state index contributed by atoms with van der Waals surface area (Å²) in [5.41, 5.74) is 0. The van der Waals surface area contributed by atoms with Crippen molar-refractivity contribution in [2.45, 2.75) is 97.4 Å². The second-order valence-corrected chi connectivity index (χ2v) is 5.80. The molecule has 7 heteroatoms. The van der Waals surface area contributed by atoms with Crippen LogP contribution in [0.3, 0.4) is 0 Å². The van der Waals surface area contributed by atoms with E-state index in [0.29, 0.717) is 19.3 Å². The second kappa shape index (κ2) is 19.3. The van der Waals surface area contributed by atoms with Crippen LogP contribution in [-0.4, -0.2) is 84.9 Å². The molecule has 0 spiro atoms. The van der Waals surface area contributed by atoms with Gasteiger partial charge in [0.2, 0.25) is 0 Å². The van der Waals surface area contributed by atoms with Crippen molar-refractivity contribution < 1.29 is 30.6 Å². The molecule has 0 fully saturated rings. The van der Waals surface area contributed by atoms with Crippen molar-refractivity contribution in [3.8, 4) is 0 Å². The van der Waals surface area contributed by atoms with Crippen LogP contribution < -0.4 is 0 Å². The monoisotopic (exact) mass is 386 g/mol. The van der Waals surface area contributed by atoms with Gasteiger partial charge in [0, 0.05) is 17.6 Å². The molecule has 0 aliphatic heterocycles. The largest absolute Gasteiger partial charge is 0.393 e. The zero-order chi connectivity index (χ0) is 17.6. The van der Waals surface area contributed by atoms with Crippen LogP contribution in [0.1, 0.15) is 60.8 Å². The van der Waals surface area contributed by atoms with E-state index in [1.54, 1.807) is 41.5 Å². The molecule has 0 aliphatic rings. The molecule has 6 N–H and O–H groups in total. The van der Waals surface area contributed by atoms with Crippen LogP contribution in [-0.2, 0) is 0 Å². The Morgan fingerprint density at radius 3 is 0.500 bits per heavy atom. The van der Waals surface area contributed by atoms with Crippen molar-refractivity contribution in [1.82, 2.24) is 0 Å². The first-order chi connectivity index (χ1) is 9.38. The van der Waals surface area contributed by atoms with Crippen molar-refractivity contribution in [2.75, 3.05) is 0 Å². The van der Waals surface area contributed by atoms with Crippen LogP contribution in [0.4, 0.5) is 0 Å². The molecule has 0 saturated carbocycles. The summed E-state index contributed by atoms with van der Waals surface area (Å²) in [6.45, 7) is 9.96. The van der Waals surface area contributed by atoms with Gasteiger partial charge in [-0.2, -0.15) is 0 Å². The summed E-state index contributed by atoms with van der Waals surface area (Å²) in [5, 5.41) is 51.4. The van der Waals surface area contributed by atoms with E-state index in [0.717, 1.165) is 0 Å². The Morgan fingerprint density at radius 2 is 0.500 bits per heavy atom. The third kappa shape index (κ3) is 50.0. The molecular weight excluding hydrogens is 349 g/mol. The Balaban J connectivity index is -0.000000108. The molecule has 0 aromatic heterocycles. The normalized spacial score (nSPS) is 18.0. The predicted molar refractivity (Wildman–Crippen MR) is 89.7 cm³/mol. The topological polar surface area (TPSA) is 121 Å².